The third-order valence-corrected chi connectivity index (χ3v) is 4.44. The average molecular weight is 506 g/mol. The van der Waals surface area contributed by atoms with Gasteiger partial charge < -0.3 is 24.7 Å². The number of nitrogens with zero attached hydrogens (tertiary/aromatic N) is 1. The number of methoxy groups -OCH3 is 1. The van der Waals surface area contributed by atoms with E-state index in [2.05, 4.69) is 33.0 Å². The van der Waals surface area contributed by atoms with E-state index in [1.54, 1.807) is 36.4 Å². The molecule has 0 heterocycles. The first kappa shape index (κ1) is 24.7. The minimum atomic E-state index is -0.607. The van der Waals surface area contributed by atoms with E-state index >= 15 is 0 Å². The number of carbonyl (C=O) groups is 2. The highest BCUT2D eigenvalue weighted by molar-refractivity contribution is 9.10. The summed E-state index contributed by atoms with van der Waals surface area (Å²) in [4.78, 5) is 23.4. The molecule has 2 aromatic rings. The largest absolute Gasteiger partial charge is 0.493 e. The molecule has 9 nitrogen and oxygen atoms in total. The Morgan fingerprint density at radius 3 is 2.59 bits per heavy atom. The number of hydrogen-bond acceptors (Lipinski definition) is 7. The van der Waals surface area contributed by atoms with Gasteiger partial charge in [-0.05, 0) is 58.7 Å². The molecule has 0 bridgehead atoms. The Hall–Kier alpha value is -3.53. The van der Waals surface area contributed by atoms with Crippen LogP contribution in [-0.2, 0) is 4.79 Å². The van der Waals surface area contributed by atoms with Gasteiger partial charge in [0, 0.05) is 5.56 Å². The van der Waals surface area contributed by atoms with E-state index in [4.69, 9.17) is 24.7 Å². The smallest absolute Gasteiger partial charge is 0.271 e. The van der Waals surface area contributed by atoms with Crippen LogP contribution in [0.25, 0.3) is 0 Å². The van der Waals surface area contributed by atoms with Gasteiger partial charge in [0.25, 0.3) is 11.8 Å². The number of primary amides is 1. The fourth-order valence-electron chi connectivity index (χ4n) is 2.52. The summed E-state index contributed by atoms with van der Waals surface area (Å²) < 4.78 is 22.2. The van der Waals surface area contributed by atoms with E-state index in [0.717, 1.165) is 0 Å². The molecule has 170 valence electrons. The second kappa shape index (κ2) is 12.4. The molecule has 0 aromatic heterocycles. The molecule has 0 fully saturated rings. The molecule has 0 aliphatic rings. The summed E-state index contributed by atoms with van der Waals surface area (Å²) >= 11 is 3.38. The maximum absolute atomic E-state index is 12.4. The van der Waals surface area contributed by atoms with Crippen LogP contribution < -0.4 is 30.1 Å². The number of nitrogens with one attached hydrogen (secondary N) is 1. The lowest BCUT2D eigenvalue weighted by atomic mass is 10.2. The van der Waals surface area contributed by atoms with Gasteiger partial charge in [-0.2, -0.15) is 5.10 Å². The maximum atomic E-state index is 12.4. The van der Waals surface area contributed by atoms with Crippen molar-refractivity contribution in [3.05, 3.63) is 58.6 Å². The molecule has 0 aliphatic heterocycles. The molecule has 2 aromatic carbocycles. The van der Waals surface area contributed by atoms with Gasteiger partial charge in [-0.25, -0.2) is 5.43 Å². The molecule has 2 amide bonds. The Labute approximate surface area is 194 Å². The van der Waals surface area contributed by atoms with Gasteiger partial charge in [0.05, 0.1) is 24.4 Å². The second-order valence-corrected chi connectivity index (χ2v) is 7.04. The highest BCUT2D eigenvalue weighted by Gasteiger charge is 2.14. The van der Waals surface area contributed by atoms with Gasteiger partial charge in [0.2, 0.25) is 0 Å². The van der Waals surface area contributed by atoms with Gasteiger partial charge >= 0.3 is 0 Å². The predicted octanol–water partition coefficient (Wildman–Crippen LogP) is 3.05. The summed E-state index contributed by atoms with van der Waals surface area (Å²) in [6, 6.07) is 8.15. The van der Waals surface area contributed by atoms with Crippen molar-refractivity contribution in [1.29, 1.82) is 0 Å². The third-order valence-electron chi connectivity index (χ3n) is 3.85. The first-order valence-corrected chi connectivity index (χ1v) is 10.3. The number of halogens is 1. The molecule has 0 atom stereocenters. The van der Waals surface area contributed by atoms with Crippen LogP contribution in [0.5, 0.6) is 23.0 Å². The van der Waals surface area contributed by atoms with Crippen LogP contribution >= 0.6 is 15.9 Å². The molecular weight excluding hydrogens is 482 g/mol. The normalized spacial score (nSPS) is 10.5. The van der Waals surface area contributed by atoms with Crippen molar-refractivity contribution in [3.8, 4) is 23.0 Å². The van der Waals surface area contributed by atoms with Gasteiger partial charge in [-0.15, -0.1) is 0 Å². The van der Waals surface area contributed by atoms with Gasteiger partial charge in [0.1, 0.15) is 6.61 Å². The molecule has 3 N–H and O–H groups in total. The van der Waals surface area contributed by atoms with E-state index in [-0.39, 0.29) is 6.61 Å². The van der Waals surface area contributed by atoms with E-state index in [1.165, 1.54) is 13.3 Å². The lowest BCUT2D eigenvalue weighted by Crippen LogP contribution is -2.20. The second-order valence-electron chi connectivity index (χ2n) is 6.18. The summed E-state index contributed by atoms with van der Waals surface area (Å²) in [5, 5.41) is 3.99. The first-order valence-electron chi connectivity index (χ1n) is 9.52. The molecule has 10 heteroatoms. The van der Waals surface area contributed by atoms with Crippen molar-refractivity contribution in [2.45, 2.75) is 6.92 Å². The number of hydrazone groups is 1. The summed E-state index contributed by atoms with van der Waals surface area (Å²) in [5.74, 6) is 0.623. The quantitative estimate of drug-likeness (QED) is 0.259. The Balaban J connectivity index is 2.13. The van der Waals surface area contributed by atoms with Crippen LogP contribution in [0.1, 0.15) is 22.8 Å². The Morgan fingerprint density at radius 1 is 1.16 bits per heavy atom. The molecule has 0 aliphatic carbocycles. The molecule has 0 saturated carbocycles. The topological polar surface area (TPSA) is 121 Å². The molecular formula is C22H24BrN3O6. The van der Waals surface area contributed by atoms with Crippen LogP contribution in [0.4, 0.5) is 0 Å². The number of rotatable bonds is 12. The van der Waals surface area contributed by atoms with Gasteiger partial charge in [-0.1, -0.05) is 12.7 Å². The van der Waals surface area contributed by atoms with Crippen molar-refractivity contribution in [3.63, 3.8) is 0 Å². The standard InChI is InChI=1S/C22H24BrN3O6/c1-4-8-31-17-7-6-15(11-18(17)29-3)22(28)26-25-12-14-9-16(23)21(32-13-20(24)27)19(10-14)30-5-2/h4,6-7,9-12H,1,5,8,13H2,2-3H3,(H2,24,27)(H,26,28)/b25-12+. The lowest BCUT2D eigenvalue weighted by Gasteiger charge is -2.13. The van der Waals surface area contributed by atoms with Crippen molar-refractivity contribution < 1.29 is 28.5 Å². The molecule has 0 unspecified atom stereocenters. The van der Waals surface area contributed by atoms with E-state index in [9.17, 15) is 9.59 Å². The van der Waals surface area contributed by atoms with Crippen LogP contribution in [-0.4, -0.2) is 45.0 Å². The fraction of sp³-hybridized carbons (Fsp3) is 0.227. The summed E-state index contributed by atoms with van der Waals surface area (Å²) in [6.45, 7) is 5.82. The van der Waals surface area contributed by atoms with Crippen molar-refractivity contribution in [2.75, 3.05) is 26.9 Å². The maximum Gasteiger partial charge on any atom is 0.271 e. The molecule has 32 heavy (non-hydrogen) atoms. The fourth-order valence-corrected chi connectivity index (χ4v) is 3.09. The summed E-state index contributed by atoms with van der Waals surface area (Å²) in [7, 11) is 1.49. The highest BCUT2D eigenvalue weighted by atomic mass is 79.9. The van der Waals surface area contributed by atoms with Crippen molar-refractivity contribution in [1.82, 2.24) is 5.43 Å². The van der Waals surface area contributed by atoms with Crippen molar-refractivity contribution in [2.24, 2.45) is 10.8 Å². The first-order chi connectivity index (χ1) is 15.4. The van der Waals surface area contributed by atoms with E-state index in [0.29, 0.717) is 51.8 Å². The predicted molar refractivity (Wildman–Crippen MR) is 124 cm³/mol. The van der Waals surface area contributed by atoms with Gasteiger partial charge in [0.15, 0.2) is 29.6 Å². The van der Waals surface area contributed by atoms with Crippen molar-refractivity contribution >= 4 is 34.0 Å². The monoisotopic (exact) mass is 505 g/mol. The van der Waals surface area contributed by atoms with Crippen LogP contribution in [0.2, 0.25) is 0 Å². The SMILES string of the molecule is C=CCOc1ccc(C(=O)N/N=C/c2cc(Br)c(OCC(N)=O)c(OCC)c2)cc1OC. The number of carbonyl (C=O) groups excluding carboxylic acids is 2. The summed E-state index contributed by atoms with van der Waals surface area (Å²) in [6.07, 6.45) is 3.06. The minimum Gasteiger partial charge on any atom is -0.493 e. The molecule has 0 spiro atoms. The number of nitrogens with two attached hydrogens (primary N) is 1. The minimum absolute atomic E-state index is 0.289. The third kappa shape index (κ3) is 7.02. The lowest BCUT2D eigenvalue weighted by molar-refractivity contribution is -0.119. The van der Waals surface area contributed by atoms with Crippen LogP contribution in [0, 0.1) is 0 Å². The summed E-state index contributed by atoms with van der Waals surface area (Å²) in [5.41, 5.74) is 8.56. The van der Waals surface area contributed by atoms with Gasteiger partial charge in [-0.3, -0.25) is 9.59 Å². The molecule has 0 radical (unpaired) electrons. The zero-order valence-corrected chi connectivity index (χ0v) is 19.3. The number of benzene rings is 2. The van der Waals surface area contributed by atoms with Crippen LogP contribution in [0.15, 0.2) is 52.6 Å². The Bertz CT molecular complexity index is 1010. The molecule has 0 saturated heterocycles. The number of ether oxygens (including phenoxy) is 4. The Kier molecular flexibility index (Phi) is 9.55. The van der Waals surface area contributed by atoms with Crippen LogP contribution in [0.3, 0.4) is 0 Å². The zero-order valence-electron chi connectivity index (χ0n) is 17.7. The highest BCUT2D eigenvalue weighted by Crippen LogP contribution is 2.36. The van der Waals surface area contributed by atoms with E-state index in [1.807, 2.05) is 6.92 Å². The number of hydrogen-bond donors (Lipinski definition) is 2. The zero-order chi connectivity index (χ0) is 23.5. The molecule has 2 rings (SSSR count). The van der Waals surface area contributed by atoms with E-state index < -0.39 is 11.8 Å². The Morgan fingerprint density at radius 2 is 1.94 bits per heavy atom. The average Bonchev–Trinajstić information content (AvgIpc) is 2.77. The number of amides is 2.